The molecule has 1 aromatic carbocycles. The summed E-state index contributed by atoms with van der Waals surface area (Å²) in [6, 6.07) is 6.06. The first-order chi connectivity index (χ1) is 15.7. The van der Waals surface area contributed by atoms with Crippen LogP contribution in [-0.4, -0.2) is 43.7 Å². The van der Waals surface area contributed by atoms with Gasteiger partial charge in [0.1, 0.15) is 23.3 Å². The Morgan fingerprint density at radius 3 is 2.48 bits per heavy atom. The summed E-state index contributed by atoms with van der Waals surface area (Å²) in [5.41, 5.74) is 3.53. The van der Waals surface area contributed by atoms with Crippen molar-refractivity contribution < 1.29 is 14.0 Å². The highest BCUT2D eigenvalue weighted by atomic mass is 19.1. The van der Waals surface area contributed by atoms with E-state index in [1.807, 2.05) is 6.92 Å². The lowest BCUT2D eigenvalue weighted by molar-refractivity contribution is -0.119. The van der Waals surface area contributed by atoms with Crippen LogP contribution in [0.15, 0.2) is 30.5 Å². The van der Waals surface area contributed by atoms with Crippen LogP contribution in [0.4, 0.5) is 10.2 Å². The minimum atomic E-state index is -0.327. The van der Waals surface area contributed by atoms with Gasteiger partial charge in [-0.3, -0.25) is 14.5 Å². The Bertz CT molecular complexity index is 1230. The first kappa shape index (κ1) is 22.4. The van der Waals surface area contributed by atoms with Gasteiger partial charge in [0, 0.05) is 30.9 Å². The molecular formula is C24H25FN6O2. The number of amides is 2. The summed E-state index contributed by atoms with van der Waals surface area (Å²) in [6.45, 7) is 5.88. The van der Waals surface area contributed by atoms with Crippen molar-refractivity contribution in [3.05, 3.63) is 76.0 Å². The molecule has 1 aliphatic rings. The molecule has 4 rings (SSSR count). The second-order valence-electron chi connectivity index (χ2n) is 8.21. The Labute approximate surface area is 191 Å². The quantitative estimate of drug-likeness (QED) is 0.596. The molecule has 0 aliphatic carbocycles. The number of hydrogen-bond acceptors (Lipinski definition) is 6. The van der Waals surface area contributed by atoms with E-state index in [4.69, 9.17) is 0 Å². The summed E-state index contributed by atoms with van der Waals surface area (Å²) in [6.07, 6.45) is 2.45. The van der Waals surface area contributed by atoms with Crippen LogP contribution in [-0.2, 0) is 24.3 Å². The number of aromatic nitrogens is 4. The number of aryl methyl sites for hydroxylation is 3. The van der Waals surface area contributed by atoms with Gasteiger partial charge >= 0.3 is 0 Å². The molecule has 2 amide bonds. The minimum Gasteiger partial charge on any atom is -0.334 e. The molecule has 0 atom stereocenters. The van der Waals surface area contributed by atoms with E-state index in [1.165, 1.54) is 23.2 Å². The molecule has 8 nitrogen and oxygen atoms in total. The number of anilines is 1. The Kier molecular flexibility index (Phi) is 6.13. The van der Waals surface area contributed by atoms with E-state index >= 15 is 0 Å². The molecular weight excluding hydrogens is 423 g/mol. The number of hydrogen-bond donors (Lipinski definition) is 0. The molecule has 33 heavy (non-hydrogen) atoms. The molecule has 0 bridgehead atoms. The van der Waals surface area contributed by atoms with Crippen molar-refractivity contribution in [2.75, 3.05) is 11.9 Å². The number of rotatable bonds is 5. The molecule has 0 spiro atoms. The predicted molar refractivity (Wildman–Crippen MR) is 120 cm³/mol. The Morgan fingerprint density at radius 2 is 1.79 bits per heavy atom. The molecule has 3 aromatic rings. The lowest BCUT2D eigenvalue weighted by Crippen LogP contribution is -2.37. The van der Waals surface area contributed by atoms with Crippen LogP contribution in [0.5, 0.6) is 0 Å². The van der Waals surface area contributed by atoms with E-state index in [1.54, 1.807) is 37.9 Å². The Balaban J connectivity index is 1.61. The number of carbonyl (C=O) groups is 2. The molecule has 170 valence electrons. The summed E-state index contributed by atoms with van der Waals surface area (Å²) < 4.78 is 13.3. The zero-order valence-corrected chi connectivity index (χ0v) is 19.1. The fraction of sp³-hybridized carbons (Fsp3) is 0.333. The highest BCUT2D eigenvalue weighted by Gasteiger charge is 2.28. The van der Waals surface area contributed by atoms with Gasteiger partial charge in [-0.15, -0.1) is 0 Å². The van der Waals surface area contributed by atoms with Crippen molar-refractivity contribution >= 4 is 17.6 Å². The van der Waals surface area contributed by atoms with Crippen LogP contribution in [0.2, 0.25) is 0 Å². The topological polar surface area (TPSA) is 92.2 Å². The lowest BCUT2D eigenvalue weighted by Gasteiger charge is -2.30. The zero-order valence-electron chi connectivity index (χ0n) is 19.1. The van der Waals surface area contributed by atoms with Crippen molar-refractivity contribution in [1.82, 2.24) is 24.8 Å². The van der Waals surface area contributed by atoms with Gasteiger partial charge in [0.15, 0.2) is 0 Å². The maximum absolute atomic E-state index is 13.3. The van der Waals surface area contributed by atoms with Gasteiger partial charge in [0.05, 0.1) is 24.3 Å². The average Bonchev–Trinajstić information content (AvgIpc) is 2.76. The number of fused-ring (bicyclic) bond motifs is 1. The van der Waals surface area contributed by atoms with Crippen LogP contribution in [0, 0.1) is 26.6 Å². The smallest absolute Gasteiger partial charge is 0.257 e. The monoisotopic (exact) mass is 448 g/mol. The maximum atomic E-state index is 13.3. The van der Waals surface area contributed by atoms with E-state index < -0.39 is 0 Å². The Hall–Kier alpha value is -3.75. The van der Waals surface area contributed by atoms with Crippen LogP contribution in [0.1, 0.15) is 50.9 Å². The summed E-state index contributed by atoms with van der Waals surface area (Å²) in [4.78, 5) is 46.5. The predicted octanol–water partition coefficient (Wildman–Crippen LogP) is 3.08. The van der Waals surface area contributed by atoms with Crippen molar-refractivity contribution in [2.45, 2.75) is 46.7 Å². The molecule has 9 heteroatoms. The highest BCUT2D eigenvalue weighted by Crippen LogP contribution is 2.29. The molecule has 0 fully saturated rings. The molecule has 0 N–H and O–H groups in total. The third kappa shape index (κ3) is 4.72. The van der Waals surface area contributed by atoms with E-state index in [2.05, 4.69) is 19.9 Å². The second-order valence-corrected chi connectivity index (χ2v) is 8.21. The normalized spacial score (nSPS) is 13.1. The second kappa shape index (κ2) is 9.01. The highest BCUT2D eigenvalue weighted by molar-refractivity contribution is 5.96. The van der Waals surface area contributed by atoms with Crippen molar-refractivity contribution in [3.63, 3.8) is 0 Å². The van der Waals surface area contributed by atoms with E-state index in [0.29, 0.717) is 41.6 Å². The third-order valence-corrected chi connectivity index (χ3v) is 5.69. The summed E-state index contributed by atoms with van der Waals surface area (Å²) in [5, 5.41) is 0. The summed E-state index contributed by atoms with van der Waals surface area (Å²) in [7, 11) is 1.67. The first-order valence-electron chi connectivity index (χ1n) is 10.7. The van der Waals surface area contributed by atoms with Gasteiger partial charge in [-0.2, -0.15) is 0 Å². The molecule has 0 saturated heterocycles. The number of benzene rings is 1. The van der Waals surface area contributed by atoms with Crippen molar-refractivity contribution in [2.24, 2.45) is 0 Å². The SMILES string of the molecule is Cc1ncc(C(=O)N(C)Cc2nc(C)c3c(n2)N(Cc2ccc(F)cc2)C(=O)CC3)c(C)n1. The molecule has 0 radical (unpaired) electrons. The maximum Gasteiger partial charge on any atom is 0.257 e. The van der Waals surface area contributed by atoms with Gasteiger partial charge in [0.25, 0.3) is 5.91 Å². The van der Waals surface area contributed by atoms with E-state index in [0.717, 1.165) is 16.8 Å². The van der Waals surface area contributed by atoms with Crippen LogP contribution < -0.4 is 4.90 Å². The average molecular weight is 449 g/mol. The molecule has 3 heterocycles. The van der Waals surface area contributed by atoms with Crippen LogP contribution in [0.3, 0.4) is 0 Å². The van der Waals surface area contributed by atoms with Crippen molar-refractivity contribution in [3.8, 4) is 0 Å². The number of nitrogens with zero attached hydrogens (tertiary/aromatic N) is 6. The third-order valence-electron chi connectivity index (χ3n) is 5.69. The van der Waals surface area contributed by atoms with Gasteiger partial charge in [-0.1, -0.05) is 12.1 Å². The Morgan fingerprint density at radius 1 is 1.06 bits per heavy atom. The zero-order chi connectivity index (χ0) is 23.7. The lowest BCUT2D eigenvalue weighted by atomic mass is 10.0. The van der Waals surface area contributed by atoms with Gasteiger partial charge < -0.3 is 4.90 Å². The number of halogens is 1. The van der Waals surface area contributed by atoms with Gasteiger partial charge in [0.2, 0.25) is 5.91 Å². The van der Waals surface area contributed by atoms with Gasteiger partial charge in [-0.05, 0) is 44.9 Å². The summed E-state index contributed by atoms with van der Waals surface area (Å²) in [5.74, 6) is 0.983. The molecule has 0 unspecified atom stereocenters. The summed E-state index contributed by atoms with van der Waals surface area (Å²) >= 11 is 0. The largest absolute Gasteiger partial charge is 0.334 e. The minimum absolute atomic E-state index is 0.0484. The standard InChI is InChI=1S/C24H25FN6O2/c1-14-19-9-10-22(32)31(12-17-5-7-18(25)8-6-17)23(19)29-21(28-14)13-30(4)24(33)20-11-26-16(3)27-15(20)2/h5-8,11H,9-10,12-13H2,1-4H3. The van der Waals surface area contributed by atoms with E-state index in [-0.39, 0.29) is 30.7 Å². The van der Waals surface area contributed by atoms with Crippen molar-refractivity contribution in [1.29, 1.82) is 0 Å². The molecule has 2 aromatic heterocycles. The first-order valence-corrected chi connectivity index (χ1v) is 10.7. The van der Waals surface area contributed by atoms with Crippen LogP contribution in [0.25, 0.3) is 0 Å². The number of carbonyl (C=O) groups excluding carboxylic acids is 2. The van der Waals surface area contributed by atoms with Gasteiger partial charge in [-0.25, -0.2) is 24.3 Å². The molecule has 0 saturated carbocycles. The fourth-order valence-corrected chi connectivity index (χ4v) is 3.93. The molecule has 1 aliphatic heterocycles. The van der Waals surface area contributed by atoms with Crippen LogP contribution >= 0.6 is 0 Å². The fourth-order valence-electron chi connectivity index (χ4n) is 3.93. The van der Waals surface area contributed by atoms with E-state index in [9.17, 15) is 14.0 Å².